The van der Waals surface area contributed by atoms with Crippen LogP contribution in [0.4, 0.5) is 10.5 Å². The van der Waals surface area contributed by atoms with Gasteiger partial charge in [-0.15, -0.1) is 0 Å². The number of morpholine rings is 1. The first-order chi connectivity index (χ1) is 11.6. The molecule has 1 aromatic heterocycles. The Morgan fingerprint density at radius 2 is 2.25 bits per heavy atom. The van der Waals surface area contributed by atoms with Gasteiger partial charge in [0.2, 0.25) is 0 Å². The van der Waals surface area contributed by atoms with E-state index in [0.717, 1.165) is 24.6 Å². The number of nitrogens with zero attached hydrogens (tertiary/aromatic N) is 3. The molecule has 1 saturated heterocycles. The summed E-state index contributed by atoms with van der Waals surface area (Å²) in [5.41, 5.74) is 2.00. The molecule has 4 aliphatic rings. The molecule has 6 nitrogen and oxygen atoms in total. The van der Waals surface area contributed by atoms with Crippen molar-refractivity contribution in [2.45, 2.75) is 50.0 Å². The Bertz CT molecular complexity index is 668. The Morgan fingerprint density at radius 1 is 1.38 bits per heavy atom. The number of carbonyl (C=O) groups excluding carboxylic acids is 1. The number of hydrogen-bond donors (Lipinski definition) is 1. The largest absolute Gasteiger partial charge is 0.371 e. The number of rotatable bonds is 2. The predicted octanol–water partition coefficient (Wildman–Crippen LogP) is 2.72. The molecule has 1 aromatic rings. The molecule has 1 N–H and O–H groups in total. The van der Waals surface area contributed by atoms with Gasteiger partial charge < -0.3 is 15.0 Å². The van der Waals surface area contributed by atoms with Crippen LogP contribution < -0.4 is 5.32 Å². The average molecular weight is 330 g/mol. The monoisotopic (exact) mass is 330 g/mol. The molecule has 3 aliphatic carbocycles. The first-order valence-corrected chi connectivity index (χ1v) is 9.36. The minimum Gasteiger partial charge on any atom is -0.371 e. The van der Waals surface area contributed by atoms with Crippen LogP contribution >= 0.6 is 0 Å². The Kier molecular flexibility index (Phi) is 3.21. The summed E-state index contributed by atoms with van der Waals surface area (Å²) >= 11 is 0. The number of carbonyl (C=O) groups is 1. The van der Waals surface area contributed by atoms with E-state index in [0.29, 0.717) is 25.0 Å². The Balaban J connectivity index is 1.31. The fourth-order valence-corrected chi connectivity index (χ4v) is 5.32. The third kappa shape index (κ3) is 2.26. The van der Waals surface area contributed by atoms with E-state index in [4.69, 9.17) is 4.74 Å². The number of fused-ring (bicyclic) bond motifs is 3. The lowest BCUT2D eigenvalue weighted by Gasteiger charge is -2.45. The van der Waals surface area contributed by atoms with Crippen molar-refractivity contribution in [3.8, 4) is 0 Å². The third-order valence-corrected chi connectivity index (χ3v) is 6.61. The average Bonchev–Trinajstić information content (AvgIpc) is 3.05. The summed E-state index contributed by atoms with van der Waals surface area (Å²) in [5, 5.41) is 7.46. The highest BCUT2D eigenvalue weighted by Crippen LogP contribution is 2.53. The predicted molar refractivity (Wildman–Crippen MR) is 89.9 cm³/mol. The van der Waals surface area contributed by atoms with Crippen LogP contribution in [0.5, 0.6) is 0 Å². The number of urea groups is 1. The lowest BCUT2D eigenvalue weighted by Crippen LogP contribution is -2.57. The molecule has 4 fully saturated rings. The van der Waals surface area contributed by atoms with E-state index in [-0.39, 0.29) is 11.6 Å². The highest BCUT2D eigenvalue weighted by molar-refractivity contribution is 5.90. The highest BCUT2D eigenvalue weighted by Gasteiger charge is 2.54. The van der Waals surface area contributed by atoms with Gasteiger partial charge in [0.1, 0.15) is 0 Å². The summed E-state index contributed by atoms with van der Waals surface area (Å²) in [4.78, 5) is 14.8. The van der Waals surface area contributed by atoms with Crippen molar-refractivity contribution in [2.75, 3.05) is 25.0 Å². The van der Waals surface area contributed by atoms with Crippen LogP contribution in [0.2, 0.25) is 0 Å². The zero-order chi connectivity index (χ0) is 16.3. The summed E-state index contributed by atoms with van der Waals surface area (Å²) < 4.78 is 8.14. The summed E-state index contributed by atoms with van der Waals surface area (Å²) in [6.07, 6.45) is 9.25. The van der Waals surface area contributed by atoms with Gasteiger partial charge in [0, 0.05) is 19.5 Å². The van der Waals surface area contributed by atoms with E-state index in [9.17, 15) is 4.79 Å². The van der Waals surface area contributed by atoms with Crippen LogP contribution in [0, 0.1) is 11.8 Å². The van der Waals surface area contributed by atoms with Crippen molar-refractivity contribution in [3.63, 3.8) is 0 Å². The van der Waals surface area contributed by atoms with E-state index in [1.54, 1.807) is 6.20 Å². The molecule has 2 heterocycles. The normalized spacial score (nSPS) is 35.0. The van der Waals surface area contributed by atoms with Gasteiger partial charge in [0.25, 0.3) is 0 Å². The zero-order valence-electron chi connectivity index (χ0n) is 14.3. The second-order valence-electron chi connectivity index (χ2n) is 8.19. The van der Waals surface area contributed by atoms with Gasteiger partial charge in [-0.05, 0) is 50.4 Å². The topological polar surface area (TPSA) is 59.4 Å². The molecule has 1 aliphatic heterocycles. The van der Waals surface area contributed by atoms with Gasteiger partial charge in [0.05, 0.1) is 36.3 Å². The number of ether oxygens (including phenoxy) is 1. The molecular formula is C18H26N4O2. The summed E-state index contributed by atoms with van der Waals surface area (Å²) in [5.74, 6) is 2.03. The van der Waals surface area contributed by atoms with Gasteiger partial charge in [-0.2, -0.15) is 5.10 Å². The second kappa shape index (κ2) is 5.22. The van der Waals surface area contributed by atoms with Gasteiger partial charge >= 0.3 is 6.03 Å². The quantitative estimate of drug-likeness (QED) is 0.907. The van der Waals surface area contributed by atoms with E-state index < -0.39 is 0 Å². The first kappa shape index (κ1) is 14.8. The molecule has 1 spiro atoms. The van der Waals surface area contributed by atoms with Crippen molar-refractivity contribution in [2.24, 2.45) is 18.9 Å². The highest BCUT2D eigenvalue weighted by atomic mass is 16.5. The Hall–Kier alpha value is -1.56. The van der Waals surface area contributed by atoms with E-state index >= 15 is 0 Å². The lowest BCUT2D eigenvalue weighted by molar-refractivity contribution is -0.126. The van der Waals surface area contributed by atoms with Gasteiger partial charge in [-0.25, -0.2) is 4.79 Å². The molecule has 2 bridgehead atoms. The van der Waals surface area contributed by atoms with Crippen molar-refractivity contribution in [1.82, 2.24) is 14.7 Å². The molecule has 24 heavy (non-hydrogen) atoms. The van der Waals surface area contributed by atoms with Crippen LogP contribution in [0.25, 0.3) is 0 Å². The molecular weight excluding hydrogens is 304 g/mol. The fourth-order valence-electron chi connectivity index (χ4n) is 5.32. The number of hydrogen-bond acceptors (Lipinski definition) is 3. The summed E-state index contributed by atoms with van der Waals surface area (Å²) in [6.45, 7) is 2.10. The number of aromatic nitrogens is 2. The van der Waals surface area contributed by atoms with Gasteiger partial charge in [-0.1, -0.05) is 0 Å². The summed E-state index contributed by atoms with van der Waals surface area (Å²) in [6, 6.07) is 0.00958. The van der Waals surface area contributed by atoms with Crippen LogP contribution in [0.1, 0.15) is 50.1 Å². The second-order valence-corrected chi connectivity index (χ2v) is 8.19. The minimum absolute atomic E-state index is 0.00958. The number of nitrogens with one attached hydrogen (secondary N) is 1. The maximum absolute atomic E-state index is 12.8. The van der Waals surface area contributed by atoms with Crippen molar-refractivity contribution >= 4 is 11.7 Å². The van der Waals surface area contributed by atoms with E-state index in [2.05, 4.69) is 10.4 Å². The smallest absolute Gasteiger partial charge is 0.322 e. The summed E-state index contributed by atoms with van der Waals surface area (Å²) in [7, 11) is 1.96. The van der Waals surface area contributed by atoms with Gasteiger partial charge in [-0.3, -0.25) is 4.68 Å². The lowest BCUT2D eigenvalue weighted by atomic mass is 9.83. The van der Waals surface area contributed by atoms with Crippen molar-refractivity contribution in [1.29, 1.82) is 0 Å². The molecule has 5 rings (SSSR count). The third-order valence-electron chi connectivity index (χ3n) is 6.61. The number of aryl methyl sites for hydroxylation is 1. The van der Waals surface area contributed by atoms with Crippen LogP contribution in [0.3, 0.4) is 0 Å². The maximum Gasteiger partial charge on any atom is 0.322 e. The minimum atomic E-state index is -0.0627. The van der Waals surface area contributed by atoms with Crippen molar-refractivity contribution in [3.05, 3.63) is 11.9 Å². The van der Waals surface area contributed by atoms with Crippen LogP contribution in [-0.4, -0.2) is 46.0 Å². The number of anilines is 1. The molecule has 0 radical (unpaired) electrons. The molecule has 2 amide bonds. The molecule has 0 aromatic carbocycles. The SMILES string of the molecule is Cn1ncc(NC(=O)N2CCOC3(CC4CCC3C4)C2)c1C1CC1. The van der Waals surface area contributed by atoms with E-state index in [1.807, 2.05) is 16.6 Å². The van der Waals surface area contributed by atoms with Crippen molar-refractivity contribution < 1.29 is 9.53 Å². The fraction of sp³-hybridized carbons (Fsp3) is 0.778. The molecule has 6 heteroatoms. The molecule has 3 atom stereocenters. The maximum atomic E-state index is 12.8. The van der Waals surface area contributed by atoms with Crippen LogP contribution in [-0.2, 0) is 11.8 Å². The van der Waals surface area contributed by atoms with Gasteiger partial charge in [0.15, 0.2) is 0 Å². The zero-order valence-corrected chi connectivity index (χ0v) is 14.3. The molecule has 3 saturated carbocycles. The molecule has 3 unspecified atom stereocenters. The standard InChI is InChI=1S/C18H26N4O2/c1-21-16(13-3-4-13)15(10-19-21)20-17(23)22-6-7-24-18(11-22)9-12-2-5-14(18)8-12/h10,12-14H,2-9,11H2,1H3,(H,20,23). The van der Waals surface area contributed by atoms with Crippen LogP contribution in [0.15, 0.2) is 6.20 Å². The first-order valence-electron chi connectivity index (χ1n) is 9.36. The number of amides is 2. The Morgan fingerprint density at radius 3 is 2.96 bits per heavy atom. The Labute approximate surface area is 142 Å². The van der Waals surface area contributed by atoms with E-state index in [1.165, 1.54) is 37.8 Å². The molecule has 130 valence electrons.